The minimum Gasteiger partial charge on any atom is -0.444 e. The number of likely N-dealkylation sites (tertiary alicyclic amines) is 1. The summed E-state index contributed by atoms with van der Waals surface area (Å²) in [6, 6.07) is 0. The molecule has 0 aromatic rings. The van der Waals surface area contributed by atoms with Crippen molar-refractivity contribution < 1.29 is 14.6 Å². The molecule has 2 atom stereocenters. The first kappa shape index (κ1) is 15.3. The van der Waals surface area contributed by atoms with Crippen LogP contribution in [0.5, 0.6) is 0 Å². The number of aliphatic hydroxyl groups excluding tert-OH is 1. The van der Waals surface area contributed by atoms with Crippen molar-refractivity contribution in [1.82, 2.24) is 4.90 Å². The van der Waals surface area contributed by atoms with Gasteiger partial charge in [-0.15, -0.1) is 0 Å². The van der Waals surface area contributed by atoms with E-state index in [9.17, 15) is 9.90 Å². The quantitative estimate of drug-likeness (QED) is 0.827. The Balaban J connectivity index is 2.63. The Morgan fingerprint density at radius 3 is 2.50 bits per heavy atom. The Bertz CT molecular complexity index is 283. The van der Waals surface area contributed by atoms with Crippen LogP contribution in [-0.2, 0) is 4.74 Å². The predicted octanol–water partition coefficient (Wildman–Crippen LogP) is 2.51. The molecule has 1 amide bonds. The van der Waals surface area contributed by atoms with Gasteiger partial charge in [-0.25, -0.2) is 4.79 Å². The van der Waals surface area contributed by atoms with Gasteiger partial charge in [0.15, 0.2) is 0 Å². The van der Waals surface area contributed by atoms with Crippen LogP contribution in [0, 0.1) is 17.8 Å². The van der Waals surface area contributed by atoms with E-state index in [1.54, 1.807) is 4.90 Å². The summed E-state index contributed by atoms with van der Waals surface area (Å²) in [4.78, 5) is 13.8. The Labute approximate surface area is 110 Å². The summed E-state index contributed by atoms with van der Waals surface area (Å²) in [5.41, 5.74) is -0.446. The van der Waals surface area contributed by atoms with Gasteiger partial charge in [0.1, 0.15) is 5.60 Å². The van der Waals surface area contributed by atoms with E-state index in [0.29, 0.717) is 30.8 Å². The number of piperidine rings is 1. The minimum atomic E-state index is -0.446. The number of carbonyl (C=O) groups is 1. The SMILES string of the molecule is CC(C)C1CN(C(=O)OC(C)(C)C)CCC1CO. The van der Waals surface area contributed by atoms with E-state index in [2.05, 4.69) is 13.8 Å². The summed E-state index contributed by atoms with van der Waals surface area (Å²) in [5, 5.41) is 9.39. The molecule has 0 bridgehead atoms. The molecule has 106 valence electrons. The first-order valence-electron chi connectivity index (χ1n) is 6.83. The third-order valence-corrected chi connectivity index (χ3v) is 3.55. The second-order valence-electron chi connectivity index (χ2n) is 6.57. The molecule has 0 spiro atoms. The van der Waals surface area contributed by atoms with Gasteiger partial charge < -0.3 is 14.7 Å². The van der Waals surface area contributed by atoms with Crippen molar-refractivity contribution in [3.8, 4) is 0 Å². The first-order valence-corrected chi connectivity index (χ1v) is 6.83. The molecule has 1 N–H and O–H groups in total. The van der Waals surface area contributed by atoms with E-state index < -0.39 is 5.60 Å². The van der Waals surface area contributed by atoms with Crippen LogP contribution in [0.3, 0.4) is 0 Å². The zero-order chi connectivity index (χ0) is 13.9. The highest BCUT2D eigenvalue weighted by Crippen LogP contribution is 2.30. The van der Waals surface area contributed by atoms with Crippen LogP contribution in [-0.4, -0.2) is 41.4 Å². The Kier molecular flexibility index (Phi) is 5.02. The van der Waals surface area contributed by atoms with Gasteiger partial charge >= 0.3 is 6.09 Å². The van der Waals surface area contributed by atoms with Crippen LogP contribution in [0.1, 0.15) is 41.0 Å². The zero-order valence-electron chi connectivity index (χ0n) is 12.3. The highest BCUT2D eigenvalue weighted by atomic mass is 16.6. The summed E-state index contributed by atoms with van der Waals surface area (Å²) in [6.45, 7) is 11.5. The monoisotopic (exact) mass is 257 g/mol. The Hall–Kier alpha value is -0.770. The maximum absolute atomic E-state index is 12.0. The first-order chi connectivity index (χ1) is 8.24. The molecule has 1 aliphatic heterocycles. The highest BCUT2D eigenvalue weighted by molar-refractivity contribution is 5.68. The minimum absolute atomic E-state index is 0.213. The summed E-state index contributed by atoms with van der Waals surface area (Å²) in [5.74, 6) is 1.13. The van der Waals surface area contributed by atoms with Crippen molar-refractivity contribution in [2.24, 2.45) is 17.8 Å². The van der Waals surface area contributed by atoms with Crippen LogP contribution in [0.4, 0.5) is 4.79 Å². The van der Waals surface area contributed by atoms with Gasteiger partial charge in [-0.2, -0.15) is 0 Å². The van der Waals surface area contributed by atoms with Crippen molar-refractivity contribution in [2.45, 2.75) is 46.6 Å². The lowest BCUT2D eigenvalue weighted by Crippen LogP contribution is -2.48. The summed E-state index contributed by atoms with van der Waals surface area (Å²) < 4.78 is 5.40. The van der Waals surface area contributed by atoms with Crippen LogP contribution in [0.15, 0.2) is 0 Å². The molecule has 1 rings (SSSR count). The molecule has 2 unspecified atom stereocenters. The van der Waals surface area contributed by atoms with Gasteiger partial charge in [0, 0.05) is 19.7 Å². The fourth-order valence-corrected chi connectivity index (χ4v) is 2.50. The van der Waals surface area contributed by atoms with E-state index >= 15 is 0 Å². The van der Waals surface area contributed by atoms with Gasteiger partial charge in [0.2, 0.25) is 0 Å². The van der Waals surface area contributed by atoms with E-state index in [0.717, 1.165) is 6.42 Å². The molecule has 18 heavy (non-hydrogen) atoms. The summed E-state index contributed by atoms with van der Waals surface area (Å²) in [7, 11) is 0. The number of hydrogen-bond acceptors (Lipinski definition) is 3. The Morgan fingerprint density at radius 2 is 2.06 bits per heavy atom. The third-order valence-electron chi connectivity index (χ3n) is 3.55. The van der Waals surface area contributed by atoms with Crippen molar-refractivity contribution in [3.05, 3.63) is 0 Å². The van der Waals surface area contributed by atoms with Gasteiger partial charge in [-0.05, 0) is 44.9 Å². The molecule has 1 heterocycles. The normalized spacial score (nSPS) is 25.4. The fourth-order valence-electron chi connectivity index (χ4n) is 2.50. The van der Waals surface area contributed by atoms with Crippen LogP contribution in [0.2, 0.25) is 0 Å². The van der Waals surface area contributed by atoms with Crippen LogP contribution < -0.4 is 0 Å². The van der Waals surface area contributed by atoms with Gasteiger partial charge in [-0.3, -0.25) is 0 Å². The molecule has 4 nitrogen and oxygen atoms in total. The number of carbonyl (C=O) groups excluding carboxylic acids is 1. The molecular weight excluding hydrogens is 230 g/mol. The topological polar surface area (TPSA) is 49.8 Å². The molecule has 1 fully saturated rings. The van der Waals surface area contributed by atoms with Gasteiger partial charge in [-0.1, -0.05) is 13.8 Å². The molecule has 1 saturated heterocycles. The number of hydrogen-bond donors (Lipinski definition) is 1. The lowest BCUT2D eigenvalue weighted by molar-refractivity contribution is -0.00127. The molecule has 0 saturated carbocycles. The summed E-state index contributed by atoms with van der Waals surface area (Å²) in [6.07, 6.45) is 0.628. The largest absolute Gasteiger partial charge is 0.444 e. The van der Waals surface area contributed by atoms with Gasteiger partial charge in [0.25, 0.3) is 0 Å². The second kappa shape index (κ2) is 5.91. The van der Waals surface area contributed by atoms with E-state index in [-0.39, 0.29) is 12.7 Å². The van der Waals surface area contributed by atoms with E-state index in [4.69, 9.17) is 4.74 Å². The van der Waals surface area contributed by atoms with E-state index in [1.165, 1.54) is 0 Å². The predicted molar refractivity (Wildman–Crippen MR) is 71.3 cm³/mol. The average Bonchev–Trinajstić information content (AvgIpc) is 2.25. The van der Waals surface area contributed by atoms with Crippen LogP contribution >= 0.6 is 0 Å². The average molecular weight is 257 g/mol. The number of aliphatic hydroxyl groups is 1. The number of nitrogens with zero attached hydrogens (tertiary/aromatic N) is 1. The lowest BCUT2D eigenvalue weighted by Gasteiger charge is -2.40. The molecule has 0 aliphatic carbocycles. The zero-order valence-corrected chi connectivity index (χ0v) is 12.3. The molecule has 4 heteroatoms. The smallest absolute Gasteiger partial charge is 0.410 e. The highest BCUT2D eigenvalue weighted by Gasteiger charge is 2.34. The second-order valence-corrected chi connectivity index (χ2v) is 6.57. The molecule has 0 aromatic heterocycles. The van der Waals surface area contributed by atoms with Crippen LogP contribution in [0.25, 0.3) is 0 Å². The number of ether oxygens (including phenoxy) is 1. The fraction of sp³-hybridized carbons (Fsp3) is 0.929. The van der Waals surface area contributed by atoms with Crippen molar-refractivity contribution in [2.75, 3.05) is 19.7 Å². The van der Waals surface area contributed by atoms with Crippen molar-refractivity contribution in [3.63, 3.8) is 0 Å². The maximum atomic E-state index is 12.0. The lowest BCUT2D eigenvalue weighted by atomic mass is 9.79. The molecular formula is C14H27NO3. The molecule has 0 radical (unpaired) electrons. The summed E-state index contributed by atoms with van der Waals surface area (Å²) >= 11 is 0. The molecule has 0 aromatic carbocycles. The van der Waals surface area contributed by atoms with Crippen molar-refractivity contribution >= 4 is 6.09 Å². The van der Waals surface area contributed by atoms with E-state index in [1.807, 2.05) is 20.8 Å². The maximum Gasteiger partial charge on any atom is 0.410 e. The van der Waals surface area contributed by atoms with Gasteiger partial charge in [0.05, 0.1) is 0 Å². The number of amides is 1. The molecule has 1 aliphatic rings. The third kappa shape index (κ3) is 4.16. The standard InChI is InChI=1S/C14H27NO3/c1-10(2)12-8-15(7-6-11(12)9-16)13(17)18-14(3,4)5/h10-12,16H,6-9H2,1-5H3. The number of rotatable bonds is 2. The van der Waals surface area contributed by atoms with Crippen molar-refractivity contribution in [1.29, 1.82) is 0 Å². The Morgan fingerprint density at radius 1 is 1.44 bits per heavy atom.